The number of aliphatic hydroxyl groups is 2. The van der Waals surface area contributed by atoms with E-state index < -0.39 is 17.8 Å². The van der Waals surface area contributed by atoms with E-state index in [-0.39, 0.29) is 56.2 Å². The average Bonchev–Trinajstić information content (AvgIpc) is 3.65. The molecule has 4 atom stereocenters. The Morgan fingerprint density at radius 3 is 2.55 bits per heavy atom. The molecule has 1 fully saturated rings. The highest BCUT2D eigenvalue weighted by atomic mass is 32.1. The number of anilines is 1. The van der Waals surface area contributed by atoms with Gasteiger partial charge in [-0.2, -0.15) is 13.2 Å². The number of nitrogens with zero attached hydrogens (tertiary/aromatic N) is 6. The molecule has 4 unspecified atom stereocenters. The molecule has 1 saturated carbocycles. The monoisotopic (exact) mass is 612 g/mol. The van der Waals surface area contributed by atoms with Gasteiger partial charge in [-0.15, -0.1) is 21.5 Å². The number of hydrogen-bond donors (Lipinski definition) is 2. The summed E-state index contributed by atoms with van der Waals surface area (Å²) < 4.78 is 53.2. The van der Waals surface area contributed by atoms with Crippen LogP contribution in [0.4, 0.5) is 19.0 Å². The Kier molecular flexibility index (Phi) is 9.10. The SMILES string of the molecule is CCc1cc2c(N3CCn4c(nnc4C(F)(F)F)C3)nc(CC(CC)C3CC(OCCO)C(OC(C)(C)O)C3)nc2s1. The predicted molar refractivity (Wildman–Crippen MR) is 151 cm³/mol. The third-order valence-electron chi connectivity index (χ3n) is 8.11. The lowest BCUT2D eigenvalue weighted by molar-refractivity contribution is -0.224. The van der Waals surface area contributed by atoms with Crippen molar-refractivity contribution in [1.29, 1.82) is 0 Å². The normalized spacial score (nSPS) is 22.2. The van der Waals surface area contributed by atoms with E-state index in [9.17, 15) is 23.4 Å². The van der Waals surface area contributed by atoms with Gasteiger partial charge < -0.3 is 29.2 Å². The minimum atomic E-state index is -4.55. The van der Waals surface area contributed by atoms with Gasteiger partial charge in [-0.05, 0) is 51.0 Å². The van der Waals surface area contributed by atoms with Gasteiger partial charge in [-0.25, -0.2) is 9.97 Å². The minimum Gasteiger partial charge on any atom is -0.394 e. The molecule has 0 radical (unpaired) electrons. The first kappa shape index (κ1) is 31.0. The van der Waals surface area contributed by atoms with E-state index in [1.54, 1.807) is 25.2 Å². The van der Waals surface area contributed by atoms with E-state index in [4.69, 9.17) is 19.4 Å². The van der Waals surface area contributed by atoms with Crippen LogP contribution in [0.15, 0.2) is 6.07 Å². The quantitative estimate of drug-likeness (QED) is 0.305. The van der Waals surface area contributed by atoms with Crippen LogP contribution in [0.25, 0.3) is 10.2 Å². The number of fused-ring (bicyclic) bond motifs is 2. The molecule has 232 valence electrons. The summed E-state index contributed by atoms with van der Waals surface area (Å²) in [4.78, 5) is 14.0. The summed E-state index contributed by atoms with van der Waals surface area (Å²) in [5, 5.41) is 27.8. The average molecular weight is 613 g/mol. The Morgan fingerprint density at radius 1 is 1.12 bits per heavy atom. The number of rotatable bonds is 11. The molecule has 0 saturated heterocycles. The fourth-order valence-electron chi connectivity index (χ4n) is 6.19. The molecule has 0 aromatic carbocycles. The summed E-state index contributed by atoms with van der Waals surface area (Å²) in [6.07, 6.45) is -1.32. The van der Waals surface area contributed by atoms with Crippen LogP contribution in [0.2, 0.25) is 0 Å². The van der Waals surface area contributed by atoms with Crippen LogP contribution < -0.4 is 4.90 Å². The van der Waals surface area contributed by atoms with Crippen molar-refractivity contribution < 1.29 is 32.9 Å². The van der Waals surface area contributed by atoms with Gasteiger partial charge in [0.25, 0.3) is 0 Å². The van der Waals surface area contributed by atoms with Gasteiger partial charge in [-0.3, -0.25) is 0 Å². The standard InChI is InChI=1S/C28H39F3N6O4S/c1-5-16(17-11-20(40-10-9-38)21(12-17)41-27(3,4)39)13-22-32-24(19-14-18(6-2)42-25(19)33-22)36-7-8-37-23(15-36)34-35-26(37)28(29,30)31/h14,16-17,20-21,38-39H,5-13,15H2,1-4H3. The van der Waals surface area contributed by atoms with E-state index in [1.165, 1.54) is 0 Å². The van der Waals surface area contributed by atoms with Crippen molar-refractivity contribution in [2.45, 2.75) is 97.1 Å². The number of aromatic nitrogens is 5. The van der Waals surface area contributed by atoms with Crippen molar-refractivity contribution in [1.82, 2.24) is 24.7 Å². The summed E-state index contributed by atoms with van der Waals surface area (Å²) in [6.45, 7) is 8.16. The largest absolute Gasteiger partial charge is 0.451 e. The van der Waals surface area contributed by atoms with Crippen molar-refractivity contribution in [3.05, 3.63) is 28.4 Å². The Morgan fingerprint density at radius 2 is 1.88 bits per heavy atom. The van der Waals surface area contributed by atoms with Crippen LogP contribution in [0.3, 0.4) is 0 Å². The van der Waals surface area contributed by atoms with Gasteiger partial charge >= 0.3 is 6.18 Å². The molecule has 1 aliphatic heterocycles. The van der Waals surface area contributed by atoms with E-state index in [2.05, 4.69) is 30.1 Å². The highest BCUT2D eigenvalue weighted by Gasteiger charge is 2.42. The topological polar surface area (TPSA) is 119 Å². The van der Waals surface area contributed by atoms with Gasteiger partial charge in [0.05, 0.1) is 37.4 Å². The Hall–Kier alpha value is -2.39. The second-order valence-electron chi connectivity index (χ2n) is 11.6. The van der Waals surface area contributed by atoms with Gasteiger partial charge in [0.1, 0.15) is 16.5 Å². The lowest BCUT2D eigenvalue weighted by atomic mass is 9.85. The molecular formula is C28H39F3N6O4S. The van der Waals surface area contributed by atoms with Crippen LogP contribution in [-0.2, 0) is 41.6 Å². The first-order valence-corrected chi connectivity index (χ1v) is 15.4. The summed E-state index contributed by atoms with van der Waals surface area (Å²) in [5.41, 5.74) is 0. The number of halogens is 3. The third kappa shape index (κ3) is 6.72. The predicted octanol–water partition coefficient (Wildman–Crippen LogP) is 4.35. The van der Waals surface area contributed by atoms with Gasteiger partial charge in [-0.1, -0.05) is 20.3 Å². The maximum Gasteiger partial charge on any atom is 0.451 e. The lowest BCUT2D eigenvalue weighted by Gasteiger charge is -2.30. The van der Waals surface area contributed by atoms with Crippen LogP contribution in [0.1, 0.15) is 69.3 Å². The number of alkyl halides is 3. The molecule has 0 bridgehead atoms. The Labute approximate surface area is 246 Å². The first-order valence-electron chi connectivity index (χ1n) is 14.6. The molecule has 0 spiro atoms. The van der Waals surface area contributed by atoms with Crippen molar-refractivity contribution in [2.24, 2.45) is 11.8 Å². The van der Waals surface area contributed by atoms with Crippen molar-refractivity contribution in [3.63, 3.8) is 0 Å². The van der Waals surface area contributed by atoms with E-state index >= 15 is 0 Å². The van der Waals surface area contributed by atoms with Crippen molar-refractivity contribution >= 4 is 27.4 Å². The zero-order chi connectivity index (χ0) is 30.2. The highest BCUT2D eigenvalue weighted by Crippen LogP contribution is 2.40. The van der Waals surface area contributed by atoms with Gasteiger partial charge in [0.2, 0.25) is 5.82 Å². The van der Waals surface area contributed by atoms with Crippen LogP contribution in [-0.4, -0.2) is 72.7 Å². The second kappa shape index (κ2) is 12.3. The van der Waals surface area contributed by atoms with Crippen molar-refractivity contribution in [3.8, 4) is 0 Å². The van der Waals surface area contributed by atoms with E-state index in [0.717, 1.165) is 38.9 Å². The smallest absolute Gasteiger partial charge is 0.394 e. The molecule has 10 nitrogen and oxygen atoms in total. The van der Waals surface area contributed by atoms with E-state index in [1.807, 2.05) is 4.90 Å². The molecular weight excluding hydrogens is 573 g/mol. The van der Waals surface area contributed by atoms with Crippen LogP contribution in [0, 0.1) is 11.8 Å². The highest BCUT2D eigenvalue weighted by molar-refractivity contribution is 7.18. The zero-order valence-electron chi connectivity index (χ0n) is 24.4. The summed E-state index contributed by atoms with van der Waals surface area (Å²) in [7, 11) is 0. The number of ether oxygens (including phenoxy) is 2. The fraction of sp³-hybridized carbons (Fsp3) is 0.714. The Bertz CT molecular complexity index is 1370. The second-order valence-corrected chi connectivity index (χ2v) is 12.7. The van der Waals surface area contributed by atoms with Crippen LogP contribution in [0.5, 0.6) is 0 Å². The maximum atomic E-state index is 13.4. The van der Waals surface area contributed by atoms with Crippen molar-refractivity contribution in [2.75, 3.05) is 24.7 Å². The Balaban J connectivity index is 1.41. The zero-order valence-corrected chi connectivity index (χ0v) is 25.2. The molecule has 4 heterocycles. The molecule has 5 rings (SSSR count). The van der Waals surface area contributed by atoms with Gasteiger partial charge in [0, 0.05) is 24.4 Å². The first-order chi connectivity index (χ1) is 19.9. The molecule has 14 heteroatoms. The third-order valence-corrected chi connectivity index (χ3v) is 9.28. The van der Waals surface area contributed by atoms with Crippen LogP contribution >= 0.6 is 11.3 Å². The van der Waals surface area contributed by atoms with E-state index in [0.29, 0.717) is 31.0 Å². The van der Waals surface area contributed by atoms with Gasteiger partial charge in [0.15, 0.2) is 11.6 Å². The molecule has 2 N–H and O–H groups in total. The molecule has 3 aromatic rings. The number of aryl methyl sites for hydroxylation is 1. The number of aliphatic hydroxyl groups excluding tert-OH is 1. The lowest BCUT2D eigenvalue weighted by Crippen LogP contribution is -2.36. The summed E-state index contributed by atoms with van der Waals surface area (Å²) in [6, 6.07) is 2.08. The fourth-order valence-corrected chi connectivity index (χ4v) is 7.17. The molecule has 2 aliphatic rings. The minimum absolute atomic E-state index is 0.0882. The summed E-state index contributed by atoms with van der Waals surface area (Å²) >= 11 is 1.61. The molecule has 0 amide bonds. The number of hydrogen-bond acceptors (Lipinski definition) is 10. The number of thiophene rings is 1. The molecule has 42 heavy (non-hydrogen) atoms. The summed E-state index contributed by atoms with van der Waals surface area (Å²) in [5.74, 6) is -0.158. The molecule has 3 aromatic heterocycles. The maximum absolute atomic E-state index is 13.4. The molecule has 1 aliphatic carbocycles.